The number of halogens is 2. The number of H-pyrrole nitrogens is 1. The minimum Gasteiger partial charge on any atom is -0.357 e. The molecule has 22 heavy (non-hydrogen) atoms. The summed E-state index contributed by atoms with van der Waals surface area (Å²) in [4.78, 5) is 7.43. The van der Waals surface area contributed by atoms with Crippen LogP contribution < -0.4 is 10.6 Å². The van der Waals surface area contributed by atoms with E-state index in [0.717, 1.165) is 48.3 Å². The molecule has 2 aliphatic rings. The summed E-state index contributed by atoms with van der Waals surface area (Å²) in [5.74, 6) is -0.272. The lowest BCUT2D eigenvalue weighted by atomic mass is 9.73. The van der Waals surface area contributed by atoms with Crippen LogP contribution in [0.3, 0.4) is 0 Å². The van der Waals surface area contributed by atoms with E-state index in [1.54, 1.807) is 12.3 Å². The Morgan fingerprint density at radius 3 is 2.82 bits per heavy atom. The fraction of sp³-hybridized carbons (Fsp3) is 0.438. The Labute approximate surface area is 142 Å². The topological polar surface area (TPSA) is 52.7 Å². The molecule has 2 aliphatic heterocycles. The van der Waals surface area contributed by atoms with E-state index in [1.165, 1.54) is 17.5 Å². The molecule has 2 aromatic rings. The molecule has 0 aromatic carbocycles. The predicted octanol–water partition coefficient (Wildman–Crippen LogP) is 2.54. The van der Waals surface area contributed by atoms with E-state index in [-0.39, 0.29) is 11.2 Å². The highest BCUT2D eigenvalue weighted by Gasteiger charge is 2.40. The summed E-state index contributed by atoms with van der Waals surface area (Å²) in [6.07, 6.45) is 5.15. The highest BCUT2D eigenvalue weighted by Crippen LogP contribution is 2.42. The largest absolute Gasteiger partial charge is 0.357 e. The molecule has 0 unspecified atom stereocenters. The van der Waals surface area contributed by atoms with Crippen molar-refractivity contribution in [2.24, 2.45) is 0 Å². The number of aromatic amines is 1. The van der Waals surface area contributed by atoms with E-state index in [0.29, 0.717) is 5.56 Å². The number of fused-ring (bicyclic) bond motifs is 2. The van der Waals surface area contributed by atoms with Gasteiger partial charge in [-0.05, 0) is 54.6 Å². The van der Waals surface area contributed by atoms with Crippen molar-refractivity contribution < 1.29 is 4.39 Å². The van der Waals surface area contributed by atoms with Crippen molar-refractivity contribution in [1.29, 1.82) is 0 Å². The van der Waals surface area contributed by atoms with E-state index in [1.807, 2.05) is 0 Å². The first-order chi connectivity index (χ1) is 10.7. The lowest BCUT2D eigenvalue weighted by molar-refractivity contribution is 0.271. The number of nitrogens with zero attached hydrogens (tertiary/aromatic N) is 1. The van der Waals surface area contributed by atoms with Gasteiger partial charge in [-0.25, -0.2) is 4.39 Å². The second kappa shape index (κ2) is 5.58. The second-order valence-electron chi connectivity index (χ2n) is 6.16. The van der Waals surface area contributed by atoms with Crippen molar-refractivity contribution in [2.45, 2.75) is 24.8 Å². The van der Waals surface area contributed by atoms with Gasteiger partial charge in [0.15, 0.2) is 5.82 Å². The van der Waals surface area contributed by atoms with Crippen molar-refractivity contribution in [3.8, 4) is 11.3 Å². The maximum Gasteiger partial charge on any atom is 0.150 e. The third-order valence-corrected chi connectivity index (χ3v) is 6.12. The Kier molecular flexibility index (Phi) is 3.70. The van der Waals surface area contributed by atoms with Gasteiger partial charge in [0.1, 0.15) is 0 Å². The van der Waals surface area contributed by atoms with Gasteiger partial charge in [0.05, 0.1) is 11.9 Å². The normalized spacial score (nSPS) is 20.1. The number of hydrogen-bond acceptors (Lipinski definition) is 3. The SMILES string of the molecule is Fc1cnccc1-c1[nH]c2c(c1I)CNCC21CCNCC1. The molecule has 0 atom stereocenters. The van der Waals surface area contributed by atoms with E-state index in [2.05, 4.69) is 43.2 Å². The third kappa shape index (κ3) is 2.19. The zero-order valence-electron chi connectivity index (χ0n) is 12.2. The van der Waals surface area contributed by atoms with Crippen LogP contribution in [0.1, 0.15) is 24.1 Å². The minimum absolute atomic E-state index is 0.153. The first kappa shape index (κ1) is 14.6. The molecule has 4 heterocycles. The molecule has 0 amide bonds. The lowest BCUT2D eigenvalue weighted by Gasteiger charge is -2.41. The van der Waals surface area contributed by atoms with Crippen LogP contribution in [0.4, 0.5) is 4.39 Å². The Bertz CT molecular complexity index is 706. The summed E-state index contributed by atoms with van der Waals surface area (Å²) >= 11 is 2.34. The maximum atomic E-state index is 14.1. The van der Waals surface area contributed by atoms with Gasteiger partial charge in [0.25, 0.3) is 0 Å². The number of aromatic nitrogens is 2. The average molecular weight is 412 g/mol. The van der Waals surface area contributed by atoms with Gasteiger partial charge in [-0.3, -0.25) is 4.98 Å². The summed E-state index contributed by atoms with van der Waals surface area (Å²) in [5.41, 5.74) is 4.27. The van der Waals surface area contributed by atoms with Crippen LogP contribution in [-0.4, -0.2) is 29.6 Å². The van der Waals surface area contributed by atoms with Crippen LogP contribution >= 0.6 is 22.6 Å². The zero-order chi connectivity index (χ0) is 15.2. The Hall–Kier alpha value is -0.990. The molecule has 2 aromatic heterocycles. The molecule has 4 rings (SSSR count). The molecule has 1 fully saturated rings. The highest BCUT2D eigenvalue weighted by molar-refractivity contribution is 14.1. The van der Waals surface area contributed by atoms with Crippen molar-refractivity contribution in [3.05, 3.63) is 39.1 Å². The highest BCUT2D eigenvalue weighted by atomic mass is 127. The average Bonchev–Trinajstić information content (AvgIpc) is 2.88. The first-order valence-corrected chi connectivity index (χ1v) is 8.71. The smallest absolute Gasteiger partial charge is 0.150 e. The Morgan fingerprint density at radius 1 is 1.23 bits per heavy atom. The number of pyridine rings is 1. The van der Waals surface area contributed by atoms with E-state index in [9.17, 15) is 4.39 Å². The molecule has 1 saturated heterocycles. The standard InChI is InChI=1S/C16H18FIN4/c17-12-8-20-4-1-10(12)14-13(18)11-7-21-9-16(15(11)22-14)2-5-19-6-3-16/h1,4,8,19,21-22H,2-3,5-7,9H2. The molecule has 0 aliphatic carbocycles. The molecule has 116 valence electrons. The van der Waals surface area contributed by atoms with Crippen LogP contribution in [-0.2, 0) is 12.0 Å². The van der Waals surface area contributed by atoms with Gasteiger partial charge < -0.3 is 15.6 Å². The van der Waals surface area contributed by atoms with E-state index in [4.69, 9.17) is 0 Å². The number of nitrogens with one attached hydrogen (secondary N) is 3. The van der Waals surface area contributed by atoms with Gasteiger partial charge in [0.2, 0.25) is 0 Å². The lowest BCUT2D eigenvalue weighted by Crippen LogP contribution is -2.49. The van der Waals surface area contributed by atoms with Gasteiger partial charge in [-0.2, -0.15) is 0 Å². The zero-order valence-corrected chi connectivity index (χ0v) is 14.3. The molecule has 0 saturated carbocycles. The van der Waals surface area contributed by atoms with Gasteiger partial charge in [-0.15, -0.1) is 0 Å². The van der Waals surface area contributed by atoms with E-state index >= 15 is 0 Å². The second-order valence-corrected chi connectivity index (χ2v) is 7.24. The quantitative estimate of drug-likeness (QED) is 0.632. The first-order valence-electron chi connectivity index (χ1n) is 7.63. The summed E-state index contributed by atoms with van der Waals surface area (Å²) in [6, 6.07) is 1.75. The number of rotatable bonds is 1. The fourth-order valence-corrected chi connectivity index (χ4v) is 4.63. The Morgan fingerprint density at radius 2 is 2.05 bits per heavy atom. The predicted molar refractivity (Wildman–Crippen MR) is 92.2 cm³/mol. The molecule has 0 radical (unpaired) electrons. The van der Waals surface area contributed by atoms with Crippen molar-refractivity contribution >= 4 is 22.6 Å². The van der Waals surface area contributed by atoms with Crippen molar-refractivity contribution in [3.63, 3.8) is 0 Å². The third-order valence-electron chi connectivity index (χ3n) is 4.93. The van der Waals surface area contributed by atoms with Crippen LogP contribution in [0.25, 0.3) is 11.3 Å². The molecular formula is C16H18FIN4. The van der Waals surface area contributed by atoms with Crippen molar-refractivity contribution in [1.82, 2.24) is 20.6 Å². The Balaban J connectivity index is 1.86. The fourth-order valence-electron chi connectivity index (χ4n) is 3.75. The maximum absolute atomic E-state index is 14.1. The van der Waals surface area contributed by atoms with Gasteiger partial charge >= 0.3 is 0 Å². The van der Waals surface area contributed by atoms with Crippen LogP contribution in [0.2, 0.25) is 0 Å². The van der Waals surface area contributed by atoms with Crippen LogP contribution in [0, 0.1) is 9.39 Å². The van der Waals surface area contributed by atoms with E-state index < -0.39 is 0 Å². The number of hydrogen-bond donors (Lipinski definition) is 3. The molecular weight excluding hydrogens is 394 g/mol. The summed E-state index contributed by atoms with van der Waals surface area (Å²) < 4.78 is 15.3. The van der Waals surface area contributed by atoms with Crippen LogP contribution in [0.15, 0.2) is 18.5 Å². The molecule has 3 N–H and O–H groups in total. The molecule has 1 spiro atoms. The summed E-state index contributed by atoms with van der Waals surface area (Å²) in [7, 11) is 0. The van der Waals surface area contributed by atoms with Gasteiger partial charge in [-0.1, -0.05) is 0 Å². The molecule has 0 bridgehead atoms. The minimum atomic E-state index is -0.272. The van der Waals surface area contributed by atoms with Crippen LogP contribution in [0.5, 0.6) is 0 Å². The number of piperidine rings is 1. The summed E-state index contributed by atoms with van der Waals surface area (Å²) in [6.45, 7) is 3.92. The molecule has 6 heteroatoms. The van der Waals surface area contributed by atoms with Gasteiger partial charge in [0, 0.05) is 45.1 Å². The van der Waals surface area contributed by atoms with Crippen molar-refractivity contribution in [2.75, 3.05) is 19.6 Å². The summed E-state index contributed by atoms with van der Waals surface area (Å²) in [5, 5.41) is 7.00. The molecule has 4 nitrogen and oxygen atoms in total. The monoisotopic (exact) mass is 412 g/mol.